The fourth-order valence-electron chi connectivity index (χ4n) is 2.76. The zero-order valence-corrected chi connectivity index (χ0v) is 11.6. The molecule has 0 aromatic heterocycles. The Balaban J connectivity index is 1.65. The van der Waals surface area contributed by atoms with Gasteiger partial charge in [0.05, 0.1) is 5.54 Å². The van der Waals surface area contributed by atoms with Gasteiger partial charge in [-0.05, 0) is 36.8 Å². The number of ether oxygens (including phenoxy) is 1. The minimum absolute atomic E-state index is 0.118. The molecule has 102 valence electrons. The first-order valence-electron chi connectivity index (χ1n) is 6.83. The lowest BCUT2D eigenvalue weighted by Crippen LogP contribution is -2.36. The molecule has 1 amide bonds. The number of rotatable bonds is 4. The van der Waals surface area contributed by atoms with Crippen molar-refractivity contribution in [2.75, 3.05) is 13.2 Å². The fraction of sp³-hybridized carbons (Fsp3) is 0.533. The largest absolute Gasteiger partial charge is 0.381 e. The summed E-state index contributed by atoms with van der Waals surface area (Å²) in [6.45, 7) is 1.50. The monoisotopic (exact) mass is 279 g/mol. The SMILES string of the molecule is O=C(C[C@@H]1CCOC1)NC1(c2ccccc2Cl)CC1. The predicted octanol–water partition coefficient (Wildman–Crippen LogP) is 2.87. The van der Waals surface area contributed by atoms with Crippen LogP contribution in [-0.2, 0) is 15.1 Å². The van der Waals surface area contributed by atoms with E-state index in [1.54, 1.807) is 0 Å². The Bertz CT molecular complexity index is 479. The van der Waals surface area contributed by atoms with Crippen molar-refractivity contribution in [1.29, 1.82) is 0 Å². The van der Waals surface area contributed by atoms with E-state index < -0.39 is 0 Å². The lowest BCUT2D eigenvalue weighted by atomic mass is 10.0. The van der Waals surface area contributed by atoms with Crippen LogP contribution in [0.15, 0.2) is 24.3 Å². The molecule has 1 saturated carbocycles. The molecule has 0 radical (unpaired) electrons. The second-order valence-electron chi connectivity index (χ2n) is 5.54. The van der Waals surface area contributed by atoms with Crippen molar-refractivity contribution in [2.24, 2.45) is 5.92 Å². The molecular formula is C15H18ClNO2. The summed E-state index contributed by atoms with van der Waals surface area (Å²) in [5.41, 5.74) is 0.835. The smallest absolute Gasteiger partial charge is 0.221 e. The molecule has 3 rings (SSSR count). The third kappa shape index (κ3) is 2.77. The van der Waals surface area contributed by atoms with Gasteiger partial charge in [-0.25, -0.2) is 0 Å². The highest BCUT2D eigenvalue weighted by molar-refractivity contribution is 6.31. The van der Waals surface area contributed by atoms with Crippen molar-refractivity contribution in [3.8, 4) is 0 Å². The van der Waals surface area contributed by atoms with Crippen molar-refractivity contribution >= 4 is 17.5 Å². The lowest BCUT2D eigenvalue weighted by molar-refractivity contribution is -0.123. The first-order chi connectivity index (χ1) is 9.20. The summed E-state index contributed by atoms with van der Waals surface area (Å²) in [7, 11) is 0. The molecule has 1 aromatic rings. The highest BCUT2D eigenvalue weighted by Gasteiger charge is 2.46. The molecule has 1 heterocycles. The van der Waals surface area contributed by atoms with Gasteiger partial charge < -0.3 is 10.1 Å². The van der Waals surface area contributed by atoms with Crippen LogP contribution in [0.2, 0.25) is 5.02 Å². The van der Waals surface area contributed by atoms with Gasteiger partial charge in [-0.1, -0.05) is 29.8 Å². The standard InChI is InChI=1S/C15H18ClNO2/c16-13-4-2-1-3-12(13)15(6-7-15)17-14(18)9-11-5-8-19-10-11/h1-4,11H,5-10H2,(H,17,18)/t11-/m0/s1. The van der Waals surface area contributed by atoms with Gasteiger partial charge in [0, 0.05) is 24.7 Å². The Kier molecular flexibility index (Phi) is 3.50. The summed E-state index contributed by atoms with van der Waals surface area (Å²) >= 11 is 6.23. The van der Waals surface area contributed by atoms with Gasteiger partial charge in [0.15, 0.2) is 0 Å². The minimum atomic E-state index is -0.213. The van der Waals surface area contributed by atoms with Crippen LogP contribution >= 0.6 is 11.6 Å². The van der Waals surface area contributed by atoms with Gasteiger partial charge in [0.25, 0.3) is 0 Å². The second-order valence-corrected chi connectivity index (χ2v) is 5.95. The Morgan fingerprint density at radius 1 is 1.42 bits per heavy atom. The van der Waals surface area contributed by atoms with Crippen molar-refractivity contribution in [3.05, 3.63) is 34.9 Å². The maximum atomic E-state index is 12.1. The summed E-state index contributed by atoms with van der Waals surface area (Å²) in [5, 5.41) is 3.91. The quantitative estimate of drug-likeness (QED) is 0.920. The first-order valence-corrected chi connectivity index (χ1v) is 7.21. The van der Waals surface area contributed by atoms with Crippen LogP contribution in [-0.4, -0.2) is 19.1 Å². The van der Waals surface area contributed by atoms with Crippen LogP contribution in [0.5, 0.6) is 0 Å². The summed E-state index contributed by atoms with van der Waals surface area (Å²) in [4.78, 5) is 12.1. The van der Waals surface area contributed by atoms with Crippen LogP contribution in [0.25, 0.3) is 0 Å². The third-order valence-electron chi connectivity index (χ3n) is 4.02. The van der Waals surface area contributed by atoms with Crippen LogP contribution in [0.3, 0.4) is 0 Å². The van der Waals surface area contributed by atoms with Crippen molar-refractivity contribution < 1.29 is 9.53 Å². The molecule has 1 atom stereocenters. The normalized spacial score (nSPS) is 24.2. The second kappa shape index (κ2) is 5.14. The van der Waals surface area contributed by atoms with E-state index >= 15 is 0 Å². The molecule has 19 heavy (non-hydrogen) atoms. The molecule has 1 N–H and O–H groups in total. The maximum Gasteiger partial charge on any atom is 0.221 e. The third-order valence-corrected chi connectivity index (χ3v) is 4.35. The van der Waals surface area contributed by atoms with Gasteiger partial charge in [0.2, 0.25) is 5.91 Å². The Hall–Kier alpha value is -1.06. The van der Waals surface area contributed by atoms with E-state index in [1.807, 2.05) is 24.3 Å². The highest BCUT2D eigenvalue weighted by atomic mass is 35.5. The van der Waals surface area contributed by atoms with E-state index in [2.05, 4.69) is 5.32 Å². The molecule has 4 heteroatoms. The van der Waals surface area contributed by atoms with Gasteiger partial charge in [0.1, 0.15) is 0 Å². The summed E-state index contributed by atoms with van der Waals surface area (Å²) in [6.07, 6.45) is 3.51. The highest BCUT2D eigenvalue weighted by Crippen LogP contribution is 2.48. The van der Waals surface area contributed by atoms with Crippen LogP contribution in [0.4, 0.5) is 0 Å². The van der Waals surface area contributed by atoms with Gasteiger partial charge in [-0.3, -0.25) is 4.79 Å². The van der Waals surface area contributed by atoms with E-state index in [-0.39, 0.29) is 11.4 Å². The fourth-order valence-corrected chi connectivity index (χ4v) is 3.08. The zero-order chi connectivity index (χ0) is 13.3. The molecular weight excluding hydrogens is 262 g/mol. The molecule has 1 saturated heterocycles. The maximum absolute atomic E-state index is 12.1. The number of nitrogens with one attached hydrogen (secondary N) is 1. The molecule has 1 aromatic carbocycles. The summed E-state index contributed by atoms with van der Waals surface area (Å²) in [5.74, 6) is 0.495. The van der Waals surface area contributed by atoms with Gasteiger partial charge in [-0.15, -0.1) is 0 Å². The molecule has 3 nitrogen and oxygen atoms in total. The molecule has 2 aliphatic rings. The van der Waals surface area contributed by atoms with E-state index in [1.165, 1.54) is 0 Å². The average Bonchev–Trinajstić information content (AvgIpc) is 2.97. The summed E-state index contributed by atoms with van der Waals surface area (Å²) < 4.78 is 5.31. The number of hydrogen-bond donors (Lipinski definition) is 1. The first kappa shape index (κ1) is 12.9. The average molecular weight is 280 g/mol. The van der Waals surface area contributed by atoms with Gasteiger partial charge >= 0.3 is 0 Å². The molecule has 0 unspecified atom stereocenters. The number of carbonyl (C=O) groups is 1. The summed E-state index contributed by atoms with van der Waals surface area (Å²) in [6, 6.07) is 7.78. The molecule has 2 fully saturated rings. The number of benzene rings is 1. The number of hydrogen-bond acceptors (Lipinski definition) is 2. The Labute approximate surface area is 118 Å². The van der Waals surface area contributed by atoms with E-state index in [0.29, 0.717) is 18.9 Å². The van der Waals surface area contributed by atoms with E-state index in [4.69, 9.17) is 16.3 Å². The molecule has 0 bridgehead atoms. The van der Waals surface area contributed by atoms with E-state index in [0.717, 1.165) is 36.5 Å². The Morgan fingerprint density at radius 2 is 2.21 bits per heavy atom. The topological polar surface area (TPSA) is 38.3 Å². The van der Waals surface area contributed by atoms with Crippen LogP contribution < -0.4 is 5.32 Å². The van der Waals surface area contributed by atoms with Gasteiger partial charge in [-0.2, -0.15) is 0 Å². The molecule has 1 aliphatic carbocycles. The van der Waals surface area contributed by atoms with Crippen LogP contribution in [0, 0.1) is 5.92 Å². The van der Waals surface area contributed by atoms with Crippen molar-refractivity contribution in [3.63, 3.8) is 0 Å². The predicted molar refractivity (Wildman–Crippen MR) is 74.0 cm³/mol. The number of amides is 1. The van der Waals surface area contributed by atoms with E-state index in [9.17, 15) is 4.79 Å². The molecule has 0 spiro atoms. The van der Waals surface area contributed by atoms with Crippen molar-refractivity contribution in [1.82, 2.24) is 5.32 Å². The minimum Gasteiger partial charge on any atom is -0.381 e. The number of halogens is 1. The van der Waals surface area contributed by atoms with Crippen molar-refractivity contribution in [2.45, 2.75) is 31.2 Å². The van der Waals surface area contributed by atoms with Crippen LogP contribution in [0.1, 0.15) is 31.2 Å². The Morgan fingerprint density at radius 3 is 2.84 bits per heavy atom. The lowest BCUT2D eigenvalue weighted by Gasteiger charge is -2.20. The zero-order valence-electron chi connectivity index (χ0n) is 10.8. The molecule has 1 aliphatic heterocycles. The number of carbonyl (C=O) groups excluding carboxylic acids is 1.